The number of amides is 2. The summed E-state index contributed by atoms with van der Waals surface area (Å²) in [6.45, 7) is 5.11. The normalized spacial score (nSPS) is 24.6. The number of hydrogen-bond donors (Lipinski definition) is 2. The third-order valence-electron chi connectivity index (χ3n) is 4.65. The lowest BCUT2D eigenvalue weighted by atomic mass is 9.81. The van der Waals surface area contributed by atoms with Crippen LogP contribution in [0.25, 0.3) is 0 Å². The quantitative estimate of drug-likeness (QED) is 0.803. The van der Waals surface area contributed by atoms with E-state index >= 15 is 0 Å². The van der Waals surface area contributed by atoms with Gasteiger partial charge in [-0.15, -0.1) is 0 Å². The molecule has 124 valence electrons. The van der Waals surface area contributed by atoms with Gasteiger partial charge in [-0.3, -0.25) is 9.59 Å². The van der Waals surface area contributed by atoms with Crippen LogP contribution in [0.5, 0.6) is 0 Å². The van der Waals surface area contributed by atoms with Crippen LogP contribution in [0.15, 0.2) is 0 Å². The zero-order valence-corrected chi connectivity index (χ0v) is 13.4. The molecule has 0 aromatic carbocycles. The molecule has 0 spiro atoms. The van der Waals surface area contributed by atoms with Gasteiger partial charge in [0.25, 0.3) is 0 Å². The van der Waals surface area contributed by atoms with Crippen molar-refractivity contribution in [1.82, 2.24) is 10.2 Å². The van der Waals surface area contributed by atoms with Crippen LogP contribution >= 0.6 is 0 Å². The lowest BCUT2D eigenvalue weighted by Gasteiger charge is -2.34. The summed E-state index contributed by atoms with van der Waals surface area (Å²) in [5, 5.41) is 12.3. The average molecular weight is 310 g/mol. The highest BCUT2D eigenvalue weighted by molar-refractivity contribution is 5.92. The Morgan fingerprint density at radius 2 is 1.95 bits per heavy atom. The third-order valence-corrected chi connectivity index (χ3v) is 4.65. The van der Waals surface area contributed by atoms with Crippen molar-refractivity contribution in [2.45, 2.75) is 57.9 Å². The number of likely N-dealkylation sites (tertiary alicyclic amines) is 1. The number of rotatable bonds is 5. The Kier molecular flexibility index (Phi) is 5.08. The molecule has 0 aromatic rings. The molecule has 2 fully saturated rings. The van der Waals surface area contributed by atoms with E-state index < -0.39 is 17.4 Å². The van der Waals surface area contributed by atoms with Crippen LogP contribution in [0, 0.1) is 11.8 Å². The molecule has 6 heteroatoms. The summed E-state index contributed by atoms with van der Waals surface area (Å²) in [6, 6.07) is 0. The largest absolute Gasteiger partial charge is 0.480 e. The number of hydrogen-bond acceptors (Lipinski definition) is 3. The van der Waals surface area contributed by atoms with Gasteiger partial charge in [0.15, 0.2) is 0 Å². The minimum absolute atomic E-state index is 0.0122. The number of carbonyl (C=O) groups is 3. The van der Waals surface area contributed by atoms with E-state index in [0.717, 1.165) is 19.3 Å². The SMILES string of the molecule is CC(C)CN1CC(C(=O)NC2(C(=O)O)CCCCC2)CC1=O. The highest BCUT2D eigenvalue weighted by Crippen LogP contribution is 2.30. The highest BCUT2D eigenvalue weighted by atomic mass is 16.4. The van der Waals surface area contributed by atoms with Gasteiger partial charge >= 0.3 is 5.97 Å². The fourth-order valence-corrected chi connectivity index (χ4v) is 3.45. The molecule has 1 unspecified atom stereocenters. The minimum atomic E-state index is -1.14. The van der Waals surface area contributed by atoms with E-state index in [1.165, 1.54) is 0 Å². The minimum Gasteiger partial charge on any atom is -0.480 e. The lowest BCUT2D eigenvalue weighted by Crippen LogP contribution is -2.57. The first-order chi connectivity index (χ1) is 10.3. The van der Waals surface area contributed by atoms with Crippen molar-refractivity contribution >= 4 is 17.8 Å². The van der Waals surface area contributed by atoms with E-state index in [1.807, 2.05) is 13.8 Å². The lowest BCUT2D eigenvalue weighted by molar-refractivity contribution is -0.150. The molecule has 1 heterocycles. The zero-order chi connectivity index (χ0) is 16.3. The van der Waals surface area contributed by atoms with Gasteiger partial charge in [0.05, 0.1) is 5.92 Å². The van der Waals surface area contributed by atoms with Gasteiger partial charge in [0.1, 0.15) is 5.54 Å². The molecule has 6 nitrogen and oxygen atoms in total. The van der Waals surface area contributed by atoms with Crippen LogP contribution in [-0.2, 0) is 14.4 Å². The van der Waals surface area contributed by atoms with Crippen molar-refractivity contribution in [3.8, 4) is 0 Å². The monoisotopic (exact) mass is 310 g/mol. The van der Waals surface area contributed by atoms with E-state index in [9.17, 15) is 19.5 Å². The van der Waals surface area contributed by atoms with Crippen LogP contribution in [-0.4, -0.2) is 46.4 Å². The summed E-state index contributed by atoms with van der Waals surface area (Å²) < 4.78 is 0. The van der Waals surface area contributed by atoms with Crippen molar-refractivity contribution in [3.05, 3.63) is 0 Å². The van der Waals surface area contributed by atoms with Gasteiger partial charge in [0, 0.05) is 19.5 Å². The molecule has 1 saturated heterocycles. The Labute approximate surface area is 131 Å². The third kappa shape index (κ3) is 3.59. The Morgan fingerprint density at radius 3 is 2.50 bits per heavy atom. The van der Waals surface area contributed by atoms with Gasteiger partial charge < -0.3 is 15.3 Å². The predicted octanol–water partition coefficient (Wildman–Crippen LogP) is 1.39. The second-order valence-corrected chi connectivity index (χ2v) is 7.03. The predicted molar refractivity (Wildman–Crippen MR) is 81.1 cm³/mol. The summed E-state index contributed by atoms with van der Waals surface area (Å²) in [5.41, 5.74) is -1.14. The fourth-order valence-electron chi connectivity index (χ4n) is 3.45. The fraction of sp³-hybridized carbons (Fsp3) is 0.812. The van der Waals surface area contributed by atoms with Gasteiger partial charge in [-0.1, -0.05) is 33.1 Å². The van der Waals surface area contributed by atoms with Crippen molar-refractivity contribution in [1.29, 1.82) is 0 Å². The Morgan fingerprint density at radius 1 is 1.32 bits per heavy atom. The average Bonchev–Trinajstić information content (AvgIpc) is 2.80. The molecule has 2 rings (SSSR count). The molecule has 1 aliphatic carbocycles. The summed E-state index contributed by atoms with van der Waals surface area (Å²) in [6.07, 6.45) is 3.78. The molecule has 22 heavy (non-hydrogen) atoms. The second-order valence-electron chi connectivity index (χ2n) is 7.03. The van der Waals surface area contributed by atoms with Gasteiger partial charge in [0.2, 0.25) is 11.8 Å². The van der Waals surface area contributed by atoms with Gasteiger partial charge in [-0.2, -0.15) is 0 Å². The maximum absolute atomic E-state index is 12.4. The number of carbonyl (C=O) groups excluding carboxylic acids is 2. The summed E-state index contributed by atoms with van der Waals surface area (Å²) >= 11 is 0. The molecule has 2 aliphatic rings. The van der Waals surface area contributed by atoms with E-state index in [2.05, 4.69) is 5.32 Å². The molecular weight excluding hydrogens is 284 g/mol. The standard InChI is InChI=1S/C16H26N2O4/c1-11(2)9-18-10-12(8-13(18)19)14(20)17-16(15(21)22)6-4-3-5-7-16/h11-12H,3-10H2,1-2H3,(H,17,20)(H,21,22). The van der Waals surface area contributed by atoms with Crippen LogP contribution in [0.2, 0.25) is 0 Å². The number of aliphatic carboxylic acids is 1. The second kappa shape index (κ2) is 6.67. The van der Waals surface area contributed by atoms with Crippen molar-refractivity contribution in [2.24, 2.45) is 11.8 Å². The van der Waals surface area contributed by atoms with Crippen LogP contribution in [0.3, 0.4) is 0 Å². The van der Waals surface area contributed by atoms with E-state index in [-0.39, 0.29) is 18.2 Å². The first kappa shape index (κ1) is 16.8. The van der Waals surface area contributed by atoms with Crippen LogP contribution in [0.1, 0.15) is 52.4 Å². The number of carboxylic acid groups (broad SMARTS) is 1. The molecule has 2 amide bonds. The summed E-state index contributed by atoms with van der Waals surface area (Å²) in [4.78, 5) is 37.7. The molecule has 2 N–H and O–H groups in total. The zero-order valence-electron chi connectivity index (χ0n) is 13.4. The first-order valence-electron chi connectivity index (χ1n) is 8.17. The highest BCUT2D eigenvalue weighted by Gasteiger charge is 2.44. The first-order valence-corrected chi connectivity index (χ1v) is 8.17. The molecule has 0 aromatic heterocycles. The molecule has 1 saturated carbocycles. The maximum atomic E-state index is 12.4. The topological polar surface area (TPSA) is 86.7 Å². The van der Waals surface area contributed by atoms with E-state index in [0.29, 0.717) is 31.8 Å². The van der Waals surface area contributed by atoms with Crippen molar-refractivity contribution in [3.63, 3.8) is 0 Å². The number of carboxylic acids is 1. The maximum Gasteiger partial charge on any atom is 0.329 e. The van der Waals surface area contributed by atoms with Crippen LogP contribution < -0.4 is 5.32 Å². The van der Waals surface area contributed by atoms with E-state index in [4.69, 9.17) is 0 Å². The molecule has 1 aliphatic heterocycles. The molecule has 0 bridgehead atoms. The number of nitrogens with zero attached hydrogens (tertiary/aromatic N) is 1. The summed E-state index contributed by atoms with van der Waals surface area (Å²) in [5.74, 6) is -1.33. The van der Waals surface area contributed by atoms with Gasteiger partial charge in [-0.25, -0.2) is 4.79 Å². The Bertz CT molecular complexity index is 455. The Hall–Kier alpha value is -1.59. The number of nitrogens with one attached hydrogen (secondary N) is 1. The van der Waals surface area contributed by atoms with E-state index in [1.54, 1.807) is 4.90 Å². The van der Waals surface area contributed by atoms with Gasteiger partial charge in [-0.05, 0) is 18.8 Å². The molecular formula is C16H26N2O4. The Balaban J connectivity index is 1.99. The molecule has 0 radical (unpaired) electrons. The smallest absolute Gasteiger partial charge is 0.329 e. The summed E-state index contributed by atoms with van der Waals surface area (Å²) in [7, 11) is 0. The van der Waals surface area contributed by atoms with Crippen molar-refractivity contribution in [2.75, 3.05) is 13.1 Å². The van der Waals surface area contributed by atoms with Crippen LogP contribution in [0.4, 0.5) is 0 Å². The van der Waals surface area contributed by atoms with Crippen molar-refractivity contribution < 1.29 is 19.5 Å². The molecule has 1 atom stereocenters.